The molecule has 0 spiro atoms. The van der Waals surface area contributed by atoms with Crippen LogP contribution in [-0.2, 0) is 4.74 Å². The first-order chi connectivity index (χ1) is 9.18. The first-order valence-corrected chi connectivity index (χ1v) is 6.06. The summed E-state index contributed by atoms with van der Waals surface area (Å²) in [7, 11) is 0. The van der Waals surface area contributed by atoms with E-state index in [0.717, 1.165) is 16.5 Å². The van der Waals surface area contributed by atoms with Crippen LogP contribution in [0, 0.1) is 0 Å². The normalized spacial score (nSPS) is 13.1. The van der Waals surface area contributed by atoms with Gasteiger partial charge in [0.05, 0.1) is 11.6 Å². The molecule has 3 nitrogen and oxygen atoms in total. The number of aliphatic hydroxyl groups is 1. The average Bonchev–Trinajstić information content (AvgIpc) is 2.42. The first kappa shape index (κ1) is 13.8. The van der Waals surface area contributed by atoms with E-state index < -0.39 is 19.1 Å². The van der Waals surface area contributed by atoms with Crippen molar-refractivity contribution in [3.05, 3.63) is 42.1 Å². The molecule has 1 aromatic heterocycles. The third-order valence-corrected chi connectivity index (χ3v) is 2.82. The maximum atomic E-state index is 11.9. The summed E-state index contributed by atoms with van der Waals surface area (Å²) in [5.74, 6) is 0. The van der Waals surface area contributed by atoms with E-state index in [9.17, 15) is 13.9 Å². The molecule has 0 saturated carbocycles. The molecule has 0 saturated heterocycles. The van der Waals surface area contributed by atoms with Gasteiger partial charge in [0, 0.05) is 24.6 Å². The zero-order valence-corrected chi connectivity index (χ0v) is 10.3. The molecule has 1 heterocycles. The molecule has 0 aliphatic rings. The molecule has 1 N–H and O–H groups in total. The zero-order valence-electron chi connectivity index (χ0n) is 10.3. The van der Waals surface area contributed by atoms with Crippen LogP contribution in [0.4, 0.5) is 8.78 Å². The number of nitrogens with zero attached hydrogens (tertiary/aromatic N) is 1. The van der Waals surface area contributed by atoms with Gasteiger partial charge < -0.3 is 9.84 Å². The fourth-order valence-electron chi connectivity index (χ4n) is 1.94. The van der Waals surface area contributed by atoms with Crippen LogP contribution in [-0.4, -0.2) is 29.7 Å². The van der Waals surface area contributed by atoms with Crippen molar-refractivity contribution in [1.29, 1.82) is 0 Å². The zero-order chi connectivity index (χ0) is 13.7. The molecule has 1 aromatic carbocycles. The number of rotatable bonds is 6. The minimum absolute atomic E-state index is 0.0994. The topological polar surface area (TPSA) is 42.4 Å². The van der Waals surface area contributed by atoms with Gasteiger partial charge in [0.25, 0.3) is 6.43 Å². The smallest absolute Gasteiger partial charge is 0.261 e. The lowest BCUT2D eigenvalue weighted by Gasteiger charge is -2.13. The molecule has 0 aliphatic carbocycles. The molecule has 2 aromatic rings. The summed E-state index contributed by atoms with van der Waals surface area (Å²) in [5, 5.41) is 11.0. The molecule has 0 aliphatic heterocycles. The summed E-state index contributed by atoms with van der Waals surface area (Å²) in [4.78, 5) is 4.20. The van der Waals surface area contributed by atoms with E-state index in [-0.39, 0.29) is 13.0 Å². The van der Waals surface area contributed by atoms with Crippen LogP contribution in [0.25, 0.3) is 10.9 Å². The predicted molar refractivity (Wildman–Crippen MR) is 68.1 cm³/mol. The Kier molecular flexibility index (Phi) is 4.76. The third kappa shape index (κ3) is 3.68. The van der Waals surface area contributed by atoms with Crippen molar-refractivity contribution in [1.82, 2.24) is 4.98 Å². The molecular weight excluding hydrogens is 252 g/mol. The standard InChI is InChI=1S/C14H15F2NO2/c15-14(16)9-19-8-6-13(18)11-3-1-5-12-10(11)4-2-7-17-12/h1-5,7,13-14,18H,6,8-9H2. The van der Waals surface area contributed by atoms with Gasteiger partial charge in [0.1, 0.15) is 6.61 Å². The summed E-state index contributed by atoms with van der Waals surface area (Å²) < 4.78 is 28.6. The summed E-state index contributed by atoms with van der Waals surface area (Å²) in [5.41, 5.74) is 1.54. The van der Waals surface area contributed by atoms with Crippen molar-refractivity contribution in [3.63, 3.8) is 0 Å². The van der Waals surface area contributed by atoms with E-state index in [1.807, 2.05) is 24.3 Å². The Labute approximate surface area is 109 Å². The molecule has 1 unspecified atom stereocenters. The van der Waals surface area contributed by atoms with Crippen LogP contribution >= 0.6 is 0 Å². The van der Waals surface area contributed by atoms with Gasteiger partial charge in [-0.1, -0.05) is 18.2 Å². The van der Waals surface area contributed by atoms with Gasteiger partial charge in [-0.3, -0.25) is 4.98 Å². The Bertz CT molecular complexity index is 528. The summed E-state index contributed by atoms with van der Waals surface area (Å²) in [6.45, 7) is -0.494. The molecule has 0 amide bonds. The highest BCUT2D eigenvalue weighted by atomic mass is 19.3. The number of aliphatic hydroxyl groups excluding tert-OH is 1. The highest BCUT2D eigenvalue weighted by Gasteiger charge is 2.12. The molecule has 102 valence electrons. The Morgan fingerprint density at radius 2 is 2.05 bits per heavy atom. The van der Waals surface area contributed by atoms with Crippen LogP contribution < -0.4 is 0 Å². The van der Waals surface area contributed by atoms with Crippen LogP contribution in [0.15, 0.2) is 36.5 Å². The van der Waals surface area contributed by atoms with Gasteiger partial charge in [-0.15, -0.1) is 0 Å². The summed E-state index contributed by atoms with van der Waals surface area (Å²) in [6.07, 6.45) is -1.25. The largest absolute Gasteiger partial charge is 0.388 e. The number of alkyl halides is 2. The van der Waals surface area contributed by atoms with Gasteiger partial charge in [-0.25, -0.2) is 8.78 Å². The van der Waals surface area contributed by atoms with Crippen molar-refractivity contribution in [2.24, 2.45) is 0 Å². The summed E-state index contributed by atoms with van der Waals surface area (Å²) >= 11 is 0. The number of aromatic nitrogens is 1. The van der Waals surface area contributed by atoms with E-state index in [2.05, 4.69) is 4.98 Å². The number of hydrogen-bond acceptors (Lipinski definition) is 3. The maximum Gasteiger partial charge on any atom is 0.261 e. The van der Waals surface area contributed by atoms with Crippen LogP contribution in [0.1, 0.15) is 18.1 Å². The van der Waals surface area contributed by atoms with Gasteiger partial charge in [0.15, 0.2) is 0 Å². The Balaban J connectivity index is 2.03. The number of pyridine rings is 1. The fraction of sp³-hybridized carbons (Fsp3) is 0.357. The number of benzene rings is 1. The number of ether oxygens (including phenoxy) is 1. The number of hydrogen-bond donors (Lipinski definition) is 1. The van der Waals surface area contributed by atoms with Gasteiger partial charge >= 0.3 is 0 Å². The van der Waals surface area contributed by atoms with Crippen molar-refractivity contribution in [3.8, 4) is 0 Å². The van der Waals surface area contributed by atoms with E-state index >= 15 is 0 Å². The van der Waals surface area contributed by atoms with Crippen molar-refractivity contribution in [2.75, 3.05) is 13.2 Å². The van der Waals surface area contributed by atoms with Crippen molar-refractivity contribution in [2.45, 2.75) is 19.0 Å². The van der Waals surface area contributed by atoms with E-state index in [1.165, 1.54) is 0 Å². The quantitative estimate of drug-likeness (QED) is 0.818. The van der Waals surface area contributed by atoms with Crippen LogP contribution in [0.2, 0.25) is 0 Å². The SMILES string of the molecule is OC(CCOCC(F)F)c1cccc2ncccc12. The highest BCUT2D eigenvalue weighted by Crippen LogP contribution is 2.24. The molecule has 0 radical (unpaired) electrons. The molecule has 2 rings (SSSR count). The minimum atomic E-state index is -2.47. The lowest BCUT2D eigenvalue weighted by molar-refractivity contribution is 0.00495. The van der Waals surface area contributed by atoms with E-state index in [4.69, 9.17) is 4.74 Å². The van der Waals surface area contributed by atoms with Gasteiger partial charge in [-0.05, 0) is 17.7 Å². The first-order valence-electron chi connectivity index (χ1n) is 6.06. The molecular formula is C14H15F2NO2. The second-order valence-corrected chi connectivity index (χ2v) is 4.19. The number of fused-ring (bicyclic) bond motifs is 1. The molecule has 5 heteroatoms. The average molecular weight is 267 g/mol. The Morgan fingerprint density at radius 1 is 1.21 bits per heavy atom. The molecule has 19 heavy (non-hydrogen) atoms. The van der Waals surface area contributed by atoms with E-state index in [0.29, 0.717) is 0 Å². The van der Waals surface area contributed by atoms with Crippen LogP contribution in [0.5, 0.6) is 0 Å². The minimum Gasteiger partial charge on any atom is -0.388 e. The van der Waals surface area contributed by atoms with Gasteiger partial charge in [0.2, 0.25) is 0 Å². The maximum absolute atomic E-state index is 11.9. The second kappa shape index (κ2) is 6.54. The highest BCUT2D eigenvalue weighted by molar-refractivity contribution is 5.82. The fourth-order valence-corrected chi connectivity index (χ4v) is 1.94. The number of halogens is 2. The molecule has 0 fully saturated rings. The summed E-state index contributed by atoms with van der Waals surface area (Å²) in [6, 6.07) is 9.15. The Hall–Kier alpha value is -1.59. The third-order valence-electron chi connectivity index (χ3n) is 2.82. The van der Waals surface area contributed by atoms with Crippen molar-refractivity contribution < 1.29 is 18.6 Å². The van der Waals surface area contributed by atoms with Gasteiger partial charge in [-0.2, -0.15) is 0 Å². The predicted octanol–water partition coefficient (Wildman–Crippen LogP) is 2.94. The molecule has 1 atom stereocenters. The monoisotopic (exact) mass is 267 g/mol. The van der Waals surface area contributed by atoms with E-state index in [1.54, 1.807) is 12.3 Å². The second-order valence-electron chi connectivity index (χ2n) is 4.19. The lowest BCUT2D eigenvalue weighted by atomic mass is 10.0. The lowest BCUT2D eigenvalue weighted by Crippen LogP contribution is -2.08. The molecule has 0 bridgehead atoms. The Morgan fingerprint density at radius 3 is 2.84 bits per heavy atom. The van der Waals surface area contributed by atoms with Crippen molar-refractivity contribution >= 4 is 10.9 Å². The van der Waals surface area contributed by atoms with Crippen LogP contribution in [0.3, 0.4) is 0 Å².